The molecule has 5 nitrogen and oxygen atoms in total. The molecule has 0 aliphatic rings. The van der Waals surface area contributed by atoms with Crippen LogP contribution in [0.15, 0.2) is 46.9 Å². The summed E-state index contributed by atoms with van der Waals surface area (Å²) in [5, 5.41) is 12.2. The molecule has 0 spiro atoms. The van der Waals surface area contributed by atoms with Crippen LogP contribution >= 0.6 is 27.5 Å². The number of amides is 1. The Bertz CT molecular complexity index is 703. The van der Waals surface area contributed by atoms with Crippen molar-refractivity contribution in [1.29, 1.82) is 0 Å². The van der Waals surface area contributed by atoms with E-state index in [0.29, 0.717) is 15.2 Å². The predicted molar refractivity (Wildman–Crippen MR) is 86.7 cm³/mol. The van der Waals surface area contributed by atoms with Gasteiger partial charge in [0.2, 0.25) is 0 Å². The number of para-hydroxylation sites is 1. The van der Waals surface area contributed by atoms with Crippen LogP contribution in [0.2, 0.25) is 5.02 Å². The first kappa shape index (κ1) is 16.3. The van der Waals surface area contributed by atoms with E-state index in [-0.39, 0.29) is 17.9 Å². The Hall–Kier alpha value is -2.05. The second-order valence-corrected chi connectivity index (χ2v) is 5.55. The average molecular weight is 385 g/mol. The summed E-state index contributed by atoms with van der Waals surface area (Å²) in [7, 11) is 0. The van der Waals surface area contributed by atoms with E-state index in [1.54, 1.807) is 36.4 Å². The average Bonchev–Trinajstić information content (AvgIpc) is 2.48. The smallest absolute Gasteiger partial charge is 0.337 e. The normalized spacial score (nSPS) is 10.1. The van der Waals surface area contributed by atoms with Gasteiger partial charge in [-0.25, -0.2) is 4.79 Å². The van der Waals surface area contributed by atoms with E-state index in [1.165, 1.54) is 6.07 Å². The van der Waals surface area contributed by atoms with Crippen LogP contribution in [0.25, 0.3) is 0 Å². The molecule has 1 amide bonds. The van der Waals surface area contributed by atoms with E-state index in [9.17, 15) is 9.59 Å². The number of anilines is 1. The molecule has 22 heavy (non-hydrogen) atoms. The van der Waals surface area contributed by atoms with Gasteiger partial charge in [0.05, 0.1) is 11.3 Å². The molecule has 2 aromatic rings. The summed E-state index contributed by atoms with van der Waals surface area (Å²) >= 11 is 8.96. The molecule has 0 saturated carbocycles. The number of benzene rings is 2. The highest BCUT2D eigenvalue weighted by Crippen LogP contribution is 2.26. The van der Waals surface area contributed by atoms with Gasteiger partial charge in [-0.05, 0) is 52.3 Å². The van der Waals surface area contributed by atoms with Gasteiger partial charge in [0.25, 0.3) is 5.91 Å². The first-order chi connectivity index (χ1) is 10.5. The van der Waals surface area contributed by atoms with Crippen molar-refractivity contribution in [1.82, 2.24) is 0 Å². The van der Waals surface area contributed by atoms with Crippen molar-refractivity contribution in [3.63, 3.8) is 0 Å². The molecule has 2 aromatic carbocycles. The van der Waals surface area contributed by atoms with Crippen LogP contribution in [0.5, 0.6) is 5.75 Å². The minimum Gasteiger partial charge on any atom is -0.484 e. The van der Waals surface area contributed by atoms with Crippen LogP contribution in [0.3, 0.4) is 0 Å². The van der Waals surface area contributed by atoms with Gasteiger partial charge in [-0.2, -0.15) is 0 Å². The molecule has 0 atom stereocenters. The Morgan fingerprint density at radius 2 is 1.86 bits per heavy atom. The molecule has 2 N–H and O–H groups in total. The number of hydrogen-bond donors (Lipinski definition) is 2. The number of halogens is 2. The standard InChI is InChI=1S/C15H11BrClNO4/c16-12-3-1-2-11(15(20)21)14(12)18-13(19)8-22-10-6-4-9(17)5-7-10/h1-7H,8H2,(H,18,19)(H,20,21). The van der Waals surface area contributed by atoms with Gasteiger partial charge < -0.3 is 15.2 Å². The van der Waals surface area contributed by atoms with Crippen molar-refractivity contribution in [3.8, 4) is 5.75 Å². The molecule has 0 aromatic heterocycles. The largest absolute Gasteiger partial charge is 0.484 e. The molecule has 7 heteroatoms. The fourth-order valence-corrected chi connectivity index (χ4v) is 2.28. The van der Waals surface area contributed by atoms with Gasteiger partial charge in [0, 0.05) is 9.50 Å². The molecular weight excluding hydrogens is 374 g/mol. The molecule has 0 unspecified atom stereocenters. The summed E-state index contributed by atoms with van der Waals surface area (Å²) < 4.78 is 5.78. The molecule has 0 saturated heterocycles. The summed E-state index contributed by atoms with van der Waals surface area (Å²) in [6.07, 6.45) is 0. The molecule has 0 fully saturated rings. The molecule has 114 valence electrons. The zero-order valence-corrected chi connectivity index (χ0v) is 13.5. The lowest BCUT2D eigenvalue weighted by molar-refractivity contribution is -0.118. The Morgan fingerprint density at radius 3 is 2.50 bits per heavy atom. The summed E-state index contributed by atoms with van der Waals surface area (Å²) in [5.41, 5.74) is 0.189. The van der Waals surface area contributed by atoms with E-state index in [4.69, 9.17) is 21.4 Å². The third-order valence-corrected chi connectivity index (χ3v) is 3.60. The monoisotopic (exact) mass is 383 g/mol. The SMILES string of the molecule is O=C(COc1ccc(Cl)cc1)Nc1c(Br)cccc1C(=O)O. The fraction of sp³-hybridized carbons (Fsp3) is 0.0667. The first-order valence-electron chi connectivity index (χ1n) is 6.17. The topological polar surface area (TPSA) is 75.6 Å². The maximum absolute atomic E-state index is 11.9. The quantitative estimate of drug-likeness (QED) is 0.822. The van der Waals surface area contributed by atoms with Gasteiger partial charge >= 0.3 is 5.97 Å². The Balaban J connectivity index is 2.03. The van der Waals surface area contributed by atoms with Crippen molar-refractivity contribution < 1.29 is 19.4 Å². The van der Waals surface area contributed by atoms with Gasteiger partial charge in [-0.15, -0.1) is 0 Å². The lowest BCUT2D eigenvalue weighted by Crippen LogP contribution is -2.21. The van der Waals surface area contributed by atoms with Crippen LogP contribution in [-0.4, -0.2) is 23.6 Å². The molecule has 2 rings (SSSR count). The predicted octanol–water partition coefficient (Wildman–Crippen LogP) is 3.82. The number of hydrogen-bond acceptors (Lipinski definition) is 3. The molecule has 0 radical (unpaired) electrons. The first-order valence-corrected chi connectivity index (χ1v) is 7.34. The van der Waals surface area contributed by atoms with Crippen molar-refractivity contribution in [2.24, 2.45) is 0 Å². The van der Waals surface area contributed by atoms with Crippen molar-refractivity contribution in [3.05, 3.63) is 57.5 Å². The number of carboxylic acids is 1. The lowest BCUT2D eigenvalue weighted by Gasteiger charge is -2.11. The van der Waals surface area contributed by atoms with E-state index in [0.717, 1.165) is 0 Å². The Morgan fingerprint density at radius 1 is 1.18 bits per heavy atom. The van der Waals surface area contributed by atoms with E-state index in [1.807, 2.05) is 0 Å². The highest BCUT2D eigenvalue weighted by molar-refractivity contribution is 9.10. The highest BCUT2D eigenvalue weighted by atomic mass is 79.9. The molecular formula is C15H11BrClNO4. The molecule has 0 aliphatic carbocycles. The number of carbonyl (C=O) groups is 2. The van der Waals surface area contributed by atoms with Crippen molar-refractivity contribution in [2.75, 3.05) is 11.9 Å². The maximum atomic E-state index is 11.9. The van der Waals surface area contributed by atoms with E-state index >= 15 is 0 Å². The van der Waals surface area contributed by atoms with Crippen molar-refractivity contribution >= 4 is 45.1 Å². The van der Waals surface area contributed by atoms with Crippen LogP contribution < -0.4 is 10.1 Å². The molecule has 0 bridgehead atoms. The summed E-state index contributed by atoms with van der Waals surface area (Å²) in [6, 6.07) is 11.2. The summed E-state index contributed by atoms with van der Waals surface area (Å²) in [4.78, 5) is 23.1. The number of carboxylic acid groups (broad SMARTS) is 1. The summed E-state index contributed by atoms with van der Waals surface area (Å²) in [5.74, 6) is -1.11. The van der Waals surface area contributed by atoms with Crippen LogP contribution in [0.1, 0.15) is 10.4 Å². The van der Waals surface area contributed by atoms with Crippen LogP contribution in [0, 0.1) is 0 Å². The van der Waals surface area contributed by atoms with E-state index in [2.05, 4.69) is 21.2 Å². The third-order valence-electron chi connectivity index (χ3n) is 2.69. The van der Waals surface area contributed by atoms with Gasteiger partial charge in [-0.1, -0.05) is 17.7 Å². The summed E-state index contributed by atoms with van der Waals surface area (Å²) in [6.45, 7) is -0.248. The minimum atomic E-state index is -1.13. The maximum Gasteiger partial charge on any atom is 0.337 e. The number of nitrogens with one attached hydrogen (secondary N) is 1. The number of rotatable bonds is 5. The zero-order chi connectivity index (χ0) is 16.1. The fourth-order valence-electron chi connectivity index (χ4n) is 1.68. The van der Waals surface area contributed by atoms with Gasteiger partial charge in [-0.3, -0.25) is 4.79 Å². The van der Waals surface area contributed by atoms with Crippen LogP contribution in [0.4, 0.5) is 5.69 Å². The molecule has 0 heterocycles. The van der Waals surface area contributed by atoms with Crippen LogP contribution in [-0.2, 0) is 4.79 Å². The zero-order valence-electron chi connectivity index (χ0n) is 11.2. The second-order valence-electron chi connectivity index (χ2n) is 4.26. The van der Waals surface area contributed by atoms with Gasteiger partial charge in [0.15, 0.2) is 6.61 Å². The molecule has 0 aliphatic heterocycles. The lowest BCUT2D eigenvalue weighted by atomic mass is 10.2. The Labute approximate surface area is 140 Å². The number of ether oxygens (including phenoxy) is 1. The second kappa shape index (κ2) is 7.29. The highest BCUT2D eigenvalue weighted by Gasteiger charge is 2.15. The minimum absolute atomic E-state index is 0.00535. The third kappa shape index (κ3) is 4.22. The number of aromatic carboxylic acids is 1. The van der Waals surface area contributed by atoms with E-state index < -0.39 is 11.9 Å². The van der Waals surface area contributed by atoms with Crippen molar-refractivity contribution in [2.45, 2.75) is 0 Å². The number of carbonyl (C=O) groups excluding carboxylic acids is 1. The Kier molecular flexibility index (Phi) is 5.41. The van der Waals surface area contributed by atoms with Gasteiger partial charge in [0.1, 0.15) is 5.75 Å².